The van der Waals surface area contributed by atoms with E-state index in [1.165, 1.54) is 0 Å². The van der Waals surface area contributed by atoms with E-state index >= 15 is 0 Å². The number of aromatic nitrogens is 1. The van der Waals surface area contributed by atoms with Gasteiger partial charge >= 0.3 is 6.03 Å². The van der Waals surface area contributed by atoms with E-state index in [4.69, 9.17) is 0 Å². The van der Waals surface area contributed by atoms with Crippen molar-refractivity contribution >= 4 is 27.8 Å². The Labute approximate surface area is 104 Å². The third-order valence-electron chi connectivity index (χ3n) is 2.29. The van der Waals surface area contributed by atoms with Gasteiger partial charge in [-0.15, -0.1) is 0 Å². The summed E-state index contributed by atoms with van der Waals surface area (Å²) in [6.45, 7) is 4.10. The standard InChI is InChI=1S/C11H16BrN3O/c1-3-9(4-2)14-11(16)15-10-6-5-8(12)7-13-10/h5-7,9H,3-4H2,1-2H3,(H2,13,14,15,16). The van der Waals surface area contributed by atoms with Crippen LogP contribution in [0.5, 0.6) is 0 Å². The van der Waals surface area contributed by atoms with Crippen molar-refractivity contribution in [3.8, 4) is 0 Å². The number of hydrogen-bond acceptors (Lipinski definition) is 2. The van der Waals surface area contributed by atoms with E-state index in [0.29, 0.717) is 5.82 Å². The Morgan fingerprint density at radius 1 is 1.44 bits per heavy atom. The Morgan fingerprint density at radius 2 is 2.12 bits per heavy atom. The molecule has 2 N–H and O–H groups in total. The highest BCUT2D eigenvalue weighted by molar-refractivity contribution is 9.10. The number of amides is 2. The summed E-state index contributed by atoms with van der Waals surface area (Å²) in [4.78, 5) is 15.6. The van der Waals surface area contributed by atoms with E-state index in [1.54, 1.807) is 12.3 Å². The number of urea groups is 1. The first kappa shape index (κ1) is 13.0. The van der Waals surface area contributed by atoms with Crippen LogP contribution in [0.2, 0.25) is 0 Å². The topological polar surface area (TPSA) is 54.0 Å². The summed E-state index contributed by atoms with van der Waals surface area (Å²) < 4.78 is 0.887. The number of hydrogen-bond donors (Lipinski definition) is 2. The molecule has 0 saturated heterocycles. The Bertz CT molecular complexity index is 336. The van der Waals surface area contributed by atoms with Crippen LogP contribution in [0.1, 0.15) is 26.7 Å². The number of anilines is 1. The van der Waals surface area contributed by atoms with Gasteiger partial charge < -0.3 is 5.32 Å². The smallest absolute Gasteiger partial charge is 0.320 e. The summed E-state index contributed by atoms with van der Waals surface area (Å²) in [6, 6.07) is 3.59. The van der Waals surface area contributed by atoms with Crippen molar-refractivity contribution in [1.29, 1.82) is 0 Å². The van der Waals surface area contributed by atoms with Crippen molar-refractivity contribution in [3.63, 3.8) is 0 Å². The lowest BCUT2D eigenvalue weighted by Gasteiger charge is -2.14. The molecule has 16 heavy (non-hydrogen) atoms. The summed E-state index contributed by atoms with van der Waals surface area (Å²) in [5.74, 6) is 0.548. The first-order valence-electron chi connectivity index (χ1n) is 5.34. The van der Waals surface area contributed by atoms with Crippen molar-refractivity contribution in [2.24, 2.45) is 0 Å². The molecule has 0 fully saturated rings. The van der Waals surface area contributed by atoms with Crippen molar-refractivity contribution < 1.29 is 4.79 Å². The molecule has 1 rings (SSSR count). The largest absolute Gasteiger partial charge is 0.335 e. The van der Waals surface area contributed by atoms with Crippen LogP contribution < -0.4 is 10.6 Å². The molecule has 0 aliphatic heterocycles. The van der Waals surface area contributed by atoms with Crippen LogP contribution in [-0.2, 0) is 0 Å². The Morgan fingerprint density at radius 3 is 2.62 bits per heavy atom. The number of halogens is 1. The molecule has 1 aromatic rings. The fraction of sp³-hybridized carbons (Fsp3) is 0.455. The summed E-state index contributed by atoms with van der Waals surface area (Å²) >= 11 is 3.28. The fourth-order valence-corrected chi connectivity index (χ4v) is 1.51. The van der Waals surface area contributed by atoms with E-state index in [9.17, 15) is 4.79 Å². The van der Waals surface area contributed by atoms with Gasteiger partial charge in [-0.2, -0.15) is 0 Å². The van der Waals surface area contributed by atoms with E-state index in [1.807, 2.05) is 19.9 Å². The molecule has 1 heterocycles. The number of pyridine rings is 1. The van der Waals surface area contributed by atoms with Crippen LogP contribution >= 0.6 is 15.9 Å². The molecule has 2 amide bonds. The van der Waals surface area contributed by atoms with Crippen LogP contribution in [0.15, 0.2) is 22.8 Å². The molecule has 4 nitrogen and oxygen atoms in total. The highest BCUT2D eigenvalue weighted by Crippen LogP contribution is 2.10. The number of carbonyl (C=O) groups is 1. The van der Waals surface area contributed by atoms with Gasteiger partial charge in [0.1, 0.15) is 5.82 Å². The quantitative estimate of drug-likeness (QED) is 0.893. The van der Waals surface area contributed by atoms with Crippen LogP contribution in [0.4, 0.5) is 10.6 Å². The van der Waals surface area contributed by atoms with Crippen LogP contribution in [0, 0.1) is 0 Å². The molecule has 88 valence electrons. The van der Waals surface area contributed by atoms with Crippen LogP contribution in [0.25, 0.3) is 0 Å². The fourth-order valence-electron chi connectivity index (χ4n) is 1.28. The zero-order valence-electron chi connectivity index (χ0n) is 9.46. The third-order valence-corrected chi connectivity index (χ3v) is 2.76. The minimum Gasteiger partial charge on any atom is -0.335 e. The SMILES string of the molecule is CCC(CC)NC(=O)Nc1ccc(Br)cn1. The Hall–Kier alpha value is -1.10. The molecule has 0 bridgehead atoms. The normalized spacial score (nSPS) is 10.2. The molecule has 0 atom stereocenters. The molecule has 1 aromatic heterocycles. The van der Waals surface area contributed by atoms with Gasteiger partial charge in [0.2, 0.25) is 0 Å². The average molecular weight is 286 g/mol. The number of carbonyl (C=O) groups excluding carboxylic acids is 1. The summed E-state index contributed by atoms with van der Waals surface area (Å²) in [5.41, 5.74) is 0. The monoisotopic (exact) mass is 285 g/mol. The maximum atomic E-state index is 11.6. The Balaban J connectivity index is 2.48. The van der Waals surface area contributed by atoms with Gasteiger partial charge in [0, 0.05) is 16.7 Å². The molecule has 0 saturated carbocycles. The number of nitrogens with zero attached hydrogens (tertiary/aromatic N) is 1. The zero-order valence-corrected chi connectivity index (χ0v) is 11.0. The second-order valence-electron chi connectivity index (χ2n) is 3.47. The first-order chi connectivity index (χ1) is 7.65. The molecule has 0 aliphatic carbocycles. The van der Waals surface area contributed by atoms with Crippen LogP contribution in [-0.4, -0.2) is 17.1 Å². The second-order valence-corrected chi connectivity index (χ2v) is 4.39. The van der Waals surface area contributed by atoms with Gasteiger partial charge in [0.25, 0.3) is 0 Å². The molecule has 0 aliphatic rings. The van der Waals surface area contributed by atoms with Gasteiger partial charge in [-0.1, -0.05) is 13.8 Å². The van der Waals surface area contributed by atoms with Crippen molar-refractivity contribution in [2.45, 2.75) is 32.7 Å². The van der Waals surface area contributed by atoms with E-state index in [0.717, 1.165) is 17.3 Å². The van der Waals surface area contributed by atoms with Gasteiger partial charge in [-0.3, -0.25) is 5.32 Å². The van der Waals surface area contributed by atoms with E-state index in [-0.39, 0.29) is 12.1 Å². The lowest BCUT2D eigenvalue weighted by atomic mass is 10.2. The summed E-state index contributed by atoms with van der Waals surface area (Å²) in [6.07, 6.45) is 3.50. The van der Waals surface area contributed by atoms with Crippen molar-refractivity contribution in [3.05, 3.63) is 22.8 Å². The molecular weight excluding hydrogens is 270 g/mol. The molecular formula is C11H16BrN3O. The highest BCUT2D eigenvalue weighted by Gasteiger charge is 2.08. The average Bonchev–Trinajstić information content (AvgIpc) is 2.29. The molecule has 0 aromatic carbocycles. The molecule has 0 spiro atoms. The molecule has 5 heteroatoms. The van der Waals surface area contributed by atoms with Crippen LogP contribution in [0.3, 0.4) is 0 Å². The lowest BCUT2D eigenvalue weighted by Crippen LogP contribution is -2.37. The number of rotatable bonds is 4. The van der Waals surface area contributed by atoms with Gasteiger partial charge in [-0.25, -0.2) is 9.78 Å². The maximum absolute atomic E-state index is 11.6. The lowest BCUT2D eigenvalue weighted by molar-refractivity contribution is 0.247. The van der Waals surface area contributed by atoms with Gasteiger partial charge in [0.05, 0.1) is 0 Å². The maximum Gasteiger partial charge on any atom is 0.320 e. The molecule has 0 radical (unpaired) electrons. The Kier molecular flexibility index (Phi) is 5.25. The zero-order chi connectivity index (χ0) is 12.0. The highest BCUT2D eigenvalue weighted by atomic mass is 79.9. The second kappa shape index (κ2) is 6.48. The summed E-state index contributed by atoms with van der Waals surface area (Å²) in [7, 11) is 0. The first-order valence-corrected chi connectivity index (χ1v) is 6.14. The predicted octanol–water partition coefficient (Wildman–Crippen LogP) is 3.15. The minimum atomic E-state index is -0.205. The summed E-state index contributed by atoms with van der Waals surface area (Å²) in [5, 5.41) is 5.56. The minimum absolute atomic E-state index is 0.205. The van der Waals surface area contributed by atoms with E-state index in [2.05, 4.69) is 31.5 Å². The van der Waals surface area contributed by atoms with E-state index < -0.39 is 0 Å². The number of nitrogens with one attached hydrogen (secondary N) is 2. The molecule has 0 unspecified atom stereocenters. The predicted molar refractivity (Wildman–Crippen MR) is 68.5 cm³/mol. The third kappa shape index (κ3) is 4.18. The van der Waals surface area contributed by atoms with Crippen molar-refractivity contribution in [1.82, 2.24) is 10.3 Å². The van der Waals surface area contributed by atoms with Crippen molar-refractivity contribution in [2.75, 3.05) is 5.32 Å². The van der Waals surface area contributed by atoms with Gasteiger partial charge in [0.15, 0.2) is 0 Å². The van der Waals surface area contributed by atoms with Gasteiger partial charge in [-0.05, 0) is 40.9 Å².